The third-order valence-corrected chi connectivity index (χ3v) is 6.98. The van der Waals surface area contributed by atoms with Crippen LogP contribution in [0.1, 0.15) is 81.8 Å². The van der Waals surface area contributed by atoms with Crippen molar-refractivity contribution in [3.8, 4) is 0 Å². The lowest BCUT2D eigenvalue weighted by atomic mass is 9.93. The number of aromatic nitrogens is 2. The molecule has 1 saturated carbocycles. The Balaban J connectivity index is 0.000000317. The number of carboxylic acid groups (broad SMARTS) is 3. The molecule has 1 aliphatic carbocycles. The van der Waals surface area contributed by atoms with Gasteiger partial charge in [0.15, 0.2) is 5.60 Å². The van der Waals surface area contributed by atoms with Gasteiger partial charge in [-0.25, -0.2) is 4.79 Å². The summed E-state index contributed by atoms with van der Waals surface area (Å²) in [6, 6.07) is 0.878. The molecule has 208 valence electrons. The maximum absolute atomic E-state index is 12.6. The first-order valence-electron chi connectivity index (χ1n) is 12.7. The van der Waals surface area contributed by atoms with E-state index in [4.69, 9.17) is 20.4 Å². The van der Waals surface area contributed by atoms with Gasteiger partial charge in [-0.3, -0.25) is 24.0 Å². The zero-order valence-electron chi connectivity index (χ0n) is 22.1. The van der Waals surface area contributed by atoms with Gasteiger partial charge >= 0.3 is 17.9 Å². The summed E-state index contributed by atoms with van der Waals surface area (Å²) < 4.78 is 2.10. The molecule has 1 amide bonds. The summed E-state index contributed by atoms with van der Waals surface area (Å²) in [6.45, 7) is 11.8. The molecule has 1 saturated heterocycles. The molecule has 1 aromatic rings. The minimum absolute atomic E-state index is 0.319. The number of aliphatic hydroxyl groups is 1. The van der Waals surface area contributed by atoms with E-state index in [1.807, 2.05) is 0 Å². The van der Waals surface area contributed by atoms with Crippen LogP contribution >= 0.6 is 0 Å². The highest BCUT2D eigenvalue weighted by Crippen LogP contribution is 2.25. The molecule has 1 aliphatic heterocycles. The Kier molecular flexibility index (Phi) is 10.6. The molecule has 2 fully saturated rings. The SMILES string of the molecule is Cc1nn(C(C)C)c(C)c1CN1CCN(C2CCCCC2)C(=O)C1.O=C(O)CC(O)(CC(=O)O)C(=O)O. The minimum atomic E-state index is -2.74. The average molecular weight is 525 g/mol. The number of carbonyl (C=O) groups excluding carboxylic acids is 1. The molecule has 1 aromatic heterocycles. The fourth-order valence-electron chi connectivity index (χ4n) is 5.02. The highest BCUT2D eigenvalue weighted by atomic mass is 16.4. The maximum Gasteiger partial charge on any atom is 0.336 e. The summed E-state index contributed by atoms with van der Waals surface area (Å²) in [7, 11) is 0. The van der Waals surface area contributed by atoms with Crippen molar-refractivity contribution in [2.45, 2.75) is 96.9 Å². The summed E-state index contributed by atoms with van der Waals surface area (Å²) in [5, 5.41) is 38.5. The maximum atomic E-state index is 12.6. The average Bonchev–Trinajstić information content (AvgIpc) is 3.07. The van der Waals surface area contributed by atoms with Crippen LogP contribution in [0.3, 0.4) is 0 Å². The largest absolute Gasteiger partial charge is 0.481 e. The Morgan fingerprint density at radius 1 is 1.00 bits per heavy atom. The van der Waals surface area contributed by atoms with Crippen LogP contribution in [0, 0.1) is 13.8 Å². The molecule has 0 radical (unpaired) electrons. The first-order valence-corrected chi connectivity index (χ1v) is 12.7. The number of aliphatic carboxylic acids is 3. The lowest BCUT2D eigenvalue weighted by Crippen LogP contribution is -2.54. The molecular weight excluding hydrogens is 484 g/mol. The second-order valence-corrected chi connectivity index (χ2v) is 10.3. The number of nitrogens with zero attached hydrogens (tertiary/aromatic N) is 4. The first kappa shape index (κ1) is 30.2. The molecule has 0 unspecified atom stereocenters. The van der Waals surface area contributed by atoms with Gasteiger partial charge < -0.3 is 25.3 Å². The van der Waals surface area contributed by atoms with Crippen molar-refractivity contribution in [1.29, 1.82) is 0 Å². The molecular formula is C25H40N4O8. The quantitative estimate of drug-likeness (QED) is 0.373. The monoisotopic (exact) mass is 524 g/mol. The number of rotatable bonds is 9. The molecule has 4 N–H and O–H groups in total. The highest BCUT2D eigenvalue weighted by molar-refractivity contribution is 5.88. The molecule has 0 atom stereocenters. The molecule has 2 heterocycles. The zero-order valence-corrected chi connectivity index (χ0v) is 22.1. The third kappa shape index (κ3) is 8.26. The van der Waals surface area contributed by atoms with Gasteiger partial charge in [0.2, 0.25) is 5.91 Å². The smallest absolute Gasteiger partial charge is 0.336 e. The van der Waals surface area contributed by atoms with E-state index in [-0.39, 0.29) is 0 Å². The van der Waals surface area contributed by atoms with E-state index in [0.717, 1.165) is 25.3 Å². The molecule has 0 spiro atoms. The number of hydrogen-bond acceptors (Lipinski definition) is 7. The van der Waals surface area contributed by atoms with E-state index in [9.17, 15) is 19.2 Å². The summed E-state index contributed by atoms with van der Waals surface area (Å²) in [6.07, 6.45) is 4.01. The lowest BCUT2D eigenvalue weighted by molar-refractivity contribution is -0.170. The van der Waals surface area contributed by atoms with Crippen molar-refractivity contribution in [2.24, 2.45) is 0 Å². The summed E-state index contributed by atoms with van der Waals surface area (Å²) in [5.74, 6) is -4.70. The van der Waals surface area contributed by atoms with Crippen molar-refractivity contribution < 1.29 is 39.6 Å². The Bertz CT molecular complexity index is 968. The Morgan fingerprint density at radius 2 is 1.57 bits per heavy atom. The van der Waals surface area contributed by atoms with E-state index in [0.29, 0.717) is 24.5 Å². The Morgan fingerprint density at radius 3 is 2.00 bits per heavy atom. The van der Waals surface area contributed by atoms with E-state index in [1.54, 1.807) is 0 Å². The topological polar surface area (TPSA) is 173 Å². The van der Waals surface area contributed by atoms with Gasteiger partial charge in [-0.2, -0.15) is 5.10 Å². The van der Waals surface area contributed by atoms with Crippen LogP contribution in [0.15, 0.2) is 0 Å². The normalized spacial score (nSPS) is 17.5. The van der Waals surface area contributed by atoms with Crippen LogP contribution in [0.2, 0.25) is 0 Å². The van der Waals surface area contributed by atoms with Gasteiger partial charge in [-0.15, -0.1) is 0 Å². The van der Waals surface area contributed by atoms with Gasteiger partial charge in [0.1, 0.15) is 0 Å². The number of amides is 1. The van der Waals surface area contributed by atoms with Crippen molar-refractivity contribution in [1.82, 2.24) is 19.6 Å². The van der Waals surface area contributed by atoms with Crippen LogP contribution in [-0.2, 0) is 25.7 Å². The lowest BCUT2D eigenvalue weighted by Gasteiger charge is -2.40. The molecule has 37 heavy (non-hydrogen) atoms. The molecule has 0 bridgehead atoms. The minimum Gasteiger partial charge on any atom is -0.481 e. The van der Waals surface area contributed by atoms with Crippen LogP contribution < -0.4 is 0 Å². The second kappa shape index (κ2) is 13.0. The van der Waals surface area contributed by atoms with E-state index < -0.39 is 36.4 Å². The summed E-state index contributed by atoms with van der Waals surface area (Å²) >= 11 is 0. The van der Waals surface area contributed by atoms with Gasteiger partial charge in [0.05, 0.1) is 25.1 Å². The molecule has 12 heteroatoms. The predicted molar refractivity (Wildman–Crippen MR) is 133 cm³/mol. The number of aryl methyl sites for hydroxylation is 1. The van der Waals surface area contributed by atoms with Crippen LogP contribution in [0.5, 0.6) is 0 Å². The van der Waals surface area contributed by atoms with Crippen LogP contribution in [0.25, 0.3) is 0 Å². The molecule has 12 nitrogen and oxygen atoms in total. The number of carbonyl (C=O) groups is 4. The summed E-state index contributed by atoms with van der Waals surface area (Å²) in [4.78, 5) is 47.6. The molecule has 2 aliphatic rings. The fraction of sp³-hybridized carbons (Fsp3) is 0.720. The van der Waals surface area contributed by atoms with Crippen molar-refractivity contribution in [2.75, 3.05) is 19.6 Å². The first-order chi connectivity index (χ1) is 17.2. The van der Waals surface area contributed by atoms with Gasteiger partial charge in [0, 0.05) is 43.0 Å². The van der Waals surface area contributed by atoms with E-state index in [2.05, 4.69) is 47.3 Å². The number of piperazine rings is 1. The van der Waals surface area contributed by atoms with Gasteiger partial charge in [-0.05, 0) is 40.5 Å². The van der Waals surface area contributed by atoms with E-state index >= 15 is 0 Å². The van der Waals surface area contributed by atoms with Crippen LogP contribution in [-0.4, -0.2) is 95.1 Å². The second-order valence-electron chi connectivity index (χ2n) is 10.3. The fourth-order valence-corrected chi connectivity index (χ4v) is 5.02. The molecule has 0 aromatic carbocycles. The Labute approximate surface area is 216 Å². The number of carboxylic acids is 3. The van der Waals surface area contributed by atoms with Gasteiger partial charge in [-0.1, -0.05) is 19.3 Å². The zero-order chi connectivity index (χ0) is 27.9. The van der Waals surface area contributed by atoms with Gasteiger partial charge in [0.25, 0.3) is 0 Å². The summed E-state index contributed by atoms with van der Waals surface area (Å²) in [5.41, 5.74) is 0.896. The highest BCUT2D eigenvalue weighted by Gasteiger charge is 2.40. The predicted octanol–water partition coefficient (Wildman–Crippen LogP) is 1.81. The standard InChI is InChI=1S/C19H32N4O.C6H8O7/c1-14(2)23-16(4)18(15(3)20-23)12-21-10-11-22(19(24)13-21)17-8-6-5-7-9-17;7-3(8)1-6(13,5(11)12)2-4(9)10/h14,17H,5-13H2,1-4H3;13H,1-2H2,(H,7,8)(H,9,10)(H,11,12). The van der Waals surface area contributed by atoms with Crippen molar-refractivity contribution in [3.05, 3.63) is 17.0 Å². The third-order valence-electron chi connectivity index (χ3n) is 6.98. The Hall–Kier alpha value is -2.99. The van der Waals surface area contributed by atoms with E-state index in [1.165, 1.54) is 43.4 Å². The number of hydrogen-bond donors (Lipinski definition) is 4. The van der Waals surface area contributed by atoms with Crippen molar-refractivity contribution >= 4 is 23.8 Å². The van der Waals surface area contributed by atoms with Crippen LogP contribution in [0.4, 0.5) is 0 Å². The van der Waals surface area contributed by atoms with Crippen molar-refractivity contribution in [3.63, 3.8) is 0 Å². The molecule has 3 rings (SSSR count).